The van der Waals surface area contributed by atoms with Crippen LogP contribution >= 0.6 is 7.60 Å². The van der Waals surface area contributed by atoms with Crippen LogP contribution < -0.4 is 26.6 Å². The van der Waals surface area contributed by atoms with Gasteiger partial charge in [-0.15, -0.1) is 0 Å². The normalized spacial score (nSPS) is 27.7. The molecule has 35 nitrogen and oxygen atoms in total. The number of hydrogen-bond acceptors (Lipinski definition) is 29. The zero-order chi connectivity index (χ0) is 69.2. The van der Waals surface area contributed by atoms with Gasteiger partial charge in [0.25, 0.3) is 0 Å². The van der Waals surface area contributed by atoms with Crippen LogP contribution in [0.4, 0.5) is 0 Å². The number of nitrogens with one attached hydrogen (secondary N) is 5. The monoisotopic (exact) mass is 1370 g/mol. The van der Waals surface area contributed by atoms with E-state index < -0.39 is 185 Å². The van der Waals surface area contributed by atoms with Gasteiger partial charge < -0.3 is 129 Å². The molecule has 3 aliphatic rings. The molecular weight excluding hydrogens is 1270 g/mol. The standard InChI is InChI=1S/C57H100N5O30P/c1-32(2)93(80,81)89-28-24-85-20-16-45(73)62-38(40(71)11-8-19-84-23-27-88-57-48(60-35(5)68)54(79)51(76)43(31-65)92-57)14-15-44(72)61-37(39(70)10-7-18-83-22-26-87-56-47(59-34(4)67)53(78)50(75)42(30-64)91-56)13-12-36(69)9-6-17-82-21-25-86-55-46(58-33(3)66)52(77)49(74)41(29-63)90-55/h32,37-38,41-43,46-57,63-65,74-79H,6-31H2,1-5H3,(H,58,66)(H,59,67)(H,60,68)(H,61,72)(H,62,73)(H,80,81). The number of Topliss-reactive ketones (excluding diaryl/α,β-unsaturated/α-hetero) is 3. The van der Waals surface area contributed by atoms with Gasteiger partial charge in [0.05, 0.1) is 97.0 Å². The number of carbonyl (C=O) groups is 8. The summed E-state index contributed by atoms with van der Waals surface area (Å²) < 4.78 is 72.9. The molecule has 0 aromatic carbocycles. The van der Waals surface area contributed by atoms with Crippen molar-refractivity contribution in [2.75, 3.05) is 99.1 Å². The molecule has 93 heavy (non-hydrogen) atoms. The van der Waals surface area contributed by atoms with Crippen molar-refractivity contribution < 1.29 is 146 Å². The van der Waals surface area contributed by atoms with Crippen molar-refractivity contribution in [3.8, 4) is 0 Å². The smallest absolute Gasteiger partial charge is 0.330 e. The minimum absolute atomic E-state index is 0.00117. The first-order chi connectivity index (χ1) is 44.1. The van der Waals surface area contributed by atoms with Crippen molar-refractivity contribution in [1.82, 2.24) is 26.6 Å². The lowest BCUT2D eigenvalue weighted by atomic mass is 9.97. The fraction of sp³-hybridized carbons (Fsp3) is 0.860. The van der Waals surface area contributed by atoms with Gasteiger partial charge in [-0.1, -0.05) is 13.8 Å². The second-order valence-corrected chi connectivity index (χ2v) is 25.1. The van der Waals surface area contributed by atoms with Crippen LogP contribution in [0.15, 0.2) is 0 Å². The Kier molecular flexibility index (Phi) is 39.7. The molecule has 3 heterocycles. The molecular formula is C57H100N5O30P. The van der Waals surface area contributed by atoms with Gasteiger partial charge in [-0.05, 0) is 32.1 Å². The molecule has 3 saturated heterocycles. The van der Waals surface area contributed by atoms with E-state index in [0.29, 0.717) is 0 Å². The van der Waals surface area contributed by atoms with Gasteiger partial charge in [-0.2, -0.15) is 0 Å². The highest BCUT2D eigenvalue weighted by molar-refractivity contribution is 7.53. The second-order valence-electron chi connectivity index (χ2n) is 22.7. The van der Waals surface area contributed by atoms with Crippen molar-refractivity contribution >= 4 is 54.5 Å². The van der Waals surface area contributed by atoms with Gasteiger partial charge in [0.15, 0.2) is 30.4 Å². The maximum atomic E-state index is 13.8. The first kappa shape index (κ1) is 83.0. The average Bonchev–Trinajstić information content (AvgIpc) is 0.852. The van der Waals surface area contributed by atoms with E-state index in [1.807, 2.05) is 0 Å². The number of ketones is 3. The third kappa shape index (κ3) is 30.4. The summed E-state index contributed by atoms with van der Waals surface area (Å²) in [5, 5.41) is 104. The second kappa shape index (κ2) is 44.6. The van der Waals surface area contributed by atoms with E-state index in [9.17, 15) is 93.8 Å². The maximum absolute atomic E-state index is 13.8. The maximum Gasteiger partial charge on any atom is 0.330 e. The molecule has 3 rings (SSSR count). The lowest BCUT2D eigenvalue weighted by molar-refractivity contribution is -0.272. The van der Waals surface area contributed by atoms with Gasteiger partial charge in [-0.25, -0.2) is 0 Å². The Labute approximate surface area is 539 Å². The minimum atomic E-state index is -3.87. The first-order valence-electron chi connectivity index (χ1n) is 31.1. The fourth-order valence-electron chi connectivity index (χ4n) is 9.74. The summed E-state index contributed by atoms with van der Waals surface area (Å²) in [6.07, 6.45) is -17.5. The van der Waals surface area contributed by atoms with Crippen LogP contribution in [0.5, 0.6) is 0 Å². The van der Waals surface area contributed by atoms with Crippen molar-refractivity contribution in [1.29, 1.82) is 0 Å². The fourth-order valence-corrected chi connectivity index (χ4v) is 10.4. The SMILES string of the molecule is CC(=O)NC1C(OCCOCCCC(=O)CCC(NC(=O)CCC(NC(=O)CCOCCOP(=O)(O)C(C)C)C(=O)CCCOCCOC2OC(CO)C(O)C(O)C2NC(C)=O)C(=O)CCCOCCOC2OC(CO)C(O)C(O)C2NC(C)=O)OC(CO)C(O)C1O. The zero-order valence-corrected chi connectivity index (χ0v) is 54.3. The topological polar surface area (TPSA) is 518 Å². The van der Waals surface area contributed by atoms with Gasteiger partial charge in [0, 0.05) is 79.1 Å². The van der Waals surface area contributed by atoms with Crippen LogP contribution in [-0.2, 0) is 94.8 Å². The van der Waals surface area contributed by atoms with Crippen LogP contribution in [0.1, 0.15) is 105 Å². The lowest BCUT2D eigenvalue weighted by Gasteiger charge is -2.42. The summed E-state index contributed by atoms with van der Waals surface area (Å²) in [6, 6.07) is -5.96. The summed E-state index contributed by atoms with van der Waals surface area (Å²) in [5.41, 5.74) is -0.656. The van der Waals surface area contributed by atoms with E-state index in [-0.39, 0.29) is 149 Å². The van der Waals surface area contributed by atoms with Crippen molar-refractivity contribution in [3.63, 3.8) is 0 Å². The molecule has 0 radical (unpaired) electrons. The number of rotatable bonds is 48. The van der Waals surface area contributed by atoms with Crippen LogP contribution in [0.3, 0.4) is 0 Å². The zero-order valence-electron chi connectivity index (χ0n) is 53.4. The van der Waals surface area contributed by atoms with Crippen LogP contribution in [0.2, 0.25) is 0 Å². The van der Waals surface area contributed by atoms with Gasteiger partial charge >= 0.3 is 7.60 Å². The van der Waals surface area contributed by atoms with E-state index in [2.05, 4.69) is 26.6 Å². The summed E-state index contributed by atoms with van der Waals surface area (Å²) in [7, 11) is -3.87. The third-order valence-corrected chi connectivity index (χ3v) is 16.8. The van der Waals surface area contributed by atoms with Gasteiger partial charge in [0.1, 0.15) is 78.8 Å². The Morgan fingerprint density at radius 2 is 0.763 bits per heavy atom. The van der Waals surface area contributed by atoms with Crippen LogP contribution in [0.25, 0.3) is 0 Å². The molecule has 5 amide bonds. The Hall–Kier alpha value is -4.25. The average molecular weight is 1370 g/mol. The predicted octanol–water partition coefficient (Wildman–Crippen LogP) is -5.49. The highest BCUT2D eigenvalue weighted by Gasteiger charge is 2.48. The van der Waals surface area contributed by atoms with E-state index in [1.165, 1.54) is 34.6 Å². The Balaban J connectivity index is 1.63. The Morgan fingerprint density at radius 3 is 1.12 bits per heavy atom. The molecule has 36 heteroatoms. The molecule has 0 bridgehead atoms. The molecule has 3 fully saturated rings. The van der Waals surface area contributed by atoms with Crippen LogP contribution in [0, 0.1) is 0 Å². The number of ether oxygens (including phenoxy) is 10. The van der Waals surface area contributed by atoms with E-state index in [1.54, 1.807) is 0 Å². The molecule has 0 aromatic heterocycles. The largest absolute Gasteiger partial charge is 0.394 e. The van der Waals surface area contributed by atoms with Crippen molar-refractivity contribution in [3.05, 3.63) is 0 Å². The molecule has 18 unspecified atom stereocenters. The summed E-state index contributed by atoms with van der Waals surface area (Å²) in [6.45, 7) is 3.64. The van der Waals surface area contributed by atoms with Crippen molar-refractivity contribution in [2.45, 2.75) is 215 Å². The lowest BCUT2D eigenvalue weighted by Crippen LogP contribution is -2.64. The number of aliphatic hydroxyl groups excluding tert-OH is 9. The number of aliphatic hydroxyl groups is 9. The summed E-state index contributed by atoms with van der Waals surface area (Å²) >= 11 is 0. The molecule has 0 saturated carbocycles. The van der Waals surface area contributed by atoms with E-state index in [0.717, 1.165) is 0 Å². The van der Waals surface area contributed by atoms with Gasteiger partial charge in [-0.3, -0.25) is 42.9 Å². The minimum Gasteiger partial charge on any atom is -0.394 e. The molecule has 0 aromatic rings. The first-order valence-corrected chi connectivity index (χ1v) is 32.8. The number of hydrogen-bond donors (Lipinski definition) is 15. The summed E-state index contributed by atoms with van der Waals surface area (Å²) in [4.78, 5) is 113. The third-order valence-electron chi connectivity index (χ3n) is 14.9. The molecule has 0 aliphatic carbocycles. The summed E-state index contributed by atoms with van der Waals surface area (Å²) in [5.74, 6) is -4.23. The Bertz CT molecular complexity index is 2320. The quantitative estimate of drug-likeness (QED) is 0.0200. The molecule has 15 N–H and O–H groups in total. The highest BCUT2D eigenvalue weighted by Crippen LogP contribution is 2.46. The molecule has 0 spiro atoms. The molecule has 538 valence electrons. The van der Waals surface area contributed by atoms with Crippen LogP contribution in [-0.4, -0.2) is 307 Å². The number of carbonyl (C=O) groups excluding carboxylic acids is 8. The predicted molar refractivity (Wildman–Crippen MR) is 318 cm³/mol. The van der Waals surface area contributed by atoms with Crippen molar-refractivity contribution in [2.24, 2.45) is 0 Å². The molecule has 18 atom stereocenters. The van der Waals surface area contributed by atoms with Gasteiger partial charge in [0.2, 0.25) is 29.5 Å². The van der Waals surface area contributed by atoms with E-state index in [4.69, 9.17) is 51.9 Å². The highest BCUT2D eigenvalue weighted by atomic mass is 31.2. The number of amides is 5. The molecule has 3 aliphatic heterocycles. The Morgan fingerprint density at radius 1 is 0.430 bits per heavy atom. The van der Waals surface area contributed by atoms with E-state index >= 15 is 0 Å².